The van der Waals surface area contributed by atoms with Crippen molar-refractivity contribution in [3.8, 4) is 0 Å². The summed E-state index contributed by atoms with van der Waals surface area (Å²) in [5, 5.41) is 14.0. The highest BCUT2D eigenvalue weighted by Crippen LogP contribution is 2.11. The summed E-state index contributed by atoms with van der Waals surface area (Å²) in [6.07, 6.45) is 3.85. The lowest BCUT2D eigenvalue weighted by atomic mass is 10.1. The van der Waals surface area contributed by atoms with E-state index in [4.69, 9.17) is 5.11 Å². The summed E-state index contributed by atoms with van der Waals surface area (Å²) in [7, 11) is 0. The molecule has 0 saturated carbocycles. The summed E-state index contributed by atoms with van der Waals surface area (Å²) in [6.45, 7) is 4.25. The monoisotopic (exact) mass is 253 g/mol. The van der Waals surface area contributed by atoms with Crippen molar-refractivity contribution in [2.75, 3.05) is 0 Å². The first-order chi connectivity index (χ1) is 8.08. The first kappa shape index (κ1) is 12.1. The quantitative estimate of drug-likeness (QED) is 0.849. The van der Waals surface area contributed by atoms with E-state index in [9.17, 15) is 4.79 Å². The lowest BCUT2D eigenvalue weighted by molar-refractivity contribution is -0.140. The van der Waals surface area contributed by atoms with Gasteiger partial charge in [-0.3, -0.25) is 14.5 Å². The van der Waals surface area contributed by atoms with Crippen LogP contribution in [-0.2, 0) is 11.3 Å². The molecule has 0 fully saturated rings. The molecule has 2 aromatic rings. The van der Waals surface area contributed by atoms with Crippen LogP contribution >= 0.6 is 11.3 Å². The molecule has 2 N–H and O–H groups in total. The second-order valence-electron chi connectivity index (χ2n) is 4.27. The molecule has 0 radical (unpaired) electrons. The van der Waals surface area contributed by atoms with Gasteiger partial charge in [0, 0.05) is 24.3 Å². The normalized spacial score (nSPS) is 13.4. The second-order valence-corrected chi connectivity index (χ2v) is 5.14. The third-order valence-corrected chi connectivity index (χ3v) is 3.35. The van der Waals surface area contributed by atoms with E-state index in [-0.39, 0.29) is 5.92 Å². The van der Waals surface area contributed by atoms with E-state index in [0.717, 1.165) is 10.7 Å². The maximum absolute atomic E-state index is 11.0. The Morgan fingerprint density at radius 1 is 1.65 bits per heavy atom. The Labute approximate surface area is 103 Å². The van der Waals surface area contributed by atoms with Gasteiger partial charge in [-0.05, 0) is 5.92 Å². The number of aliphatic carboxylic acids is 1. The maximum atomic E-state index is 11.0. The standard InChI is InChI=1S/C11H15N3O2S/c1-7(2)9(10(15)16)12-5-8-6-14-3-4-17-11(14)13-8/h3-4,6-7,9,12H,5H2,1-2H3,(H,15,16). The molecule has 5 nitrogen and oxygen atoms in total. The molecule has 2 rings (SSSR count). The van der Waals surface area contributed by atoms with Crippen LogP contribution in [0, 0.1) is 5.92 Å². The highest BCUT2D eigenvalue weighted by Gasteiger charge is 2.20. The number of aromatic nitrogens is 2. The number of hydrogen-bond acceptors (Lipinski definition) is 4. The fraction of sp³-hybridized carbons (Fsp3) is 0.455. The zero-order chi connectivity index (χ0) is 12.4. The number of nitrogens with one attached hydrogen (secondary N) is 1. The summed E-state index contributed by atoms with van der Waals surface area (Å²) < 4.78 is 1.94. The lowest BCUT2D eigenvalue weighted by Crippen LogP contribution is -2.40. The van der Waals surface area contributed by atoms with Crippen molar-refractivity contribution in [1.82, 2.24) is 14.7 Å². The van der Waals surface area contributed by atoms with Crippen LogP contribution in [0.5, 0.6) is 0 Å². The summed E-state index contributed by atoms with van der Waals surface area (Å²) >= 11 is 1.56. The average Bonchev–Trinajstić information content (AvgIpc) is 2.76. The molecule has 0 aliphatic rings. The summed E-state index contributed by atoms with van der Waals surface area (Å²) in [6, 6.07) is -0.533. The predicted octanol–water partition coefficient (Wildman–Crippen LogP) is 1.59. The number of carboxylic acids is 1. The first-order valence-corrected chi connectivity index (χ1v) is 6.33. The fourth-order valence-corrected chi connectivity index (χ4v) is 2.40. The Balaban J connectivity index is 2.01. The largest absolute Gasteiger partial charge is 0.480 e. The third kappa shape index (κ3) is 2.65. The molecule has 0 aliphatic heterocycles. The van der Waals surface area contributed by atoms with Gasteiger partial charge in [0.2, 0.25) is 0 Å². The molecule has 0 aliphatic carbocycles. The van der Waals surface area contributed by atoms with Gasteiger partial charge in [-0.2, -0.15) is 0 Å². The molecule has 1 atom stereocenters. The highest BCUT2D eigenvalue weighted by atomic mass is 32.1. The van der Waals surface area contributed by atoms with Crippen molar-refractivity contribution in [3.05, 3.63) is 23.5 Å². The average molecular weight is 253 g/mol. The molecule has 0 saturated heterocycles. The Morgan fingerprint density at radius 3 is 3.00 bits per heavy atom. The molecule has 92 valence electrons. The maximum Gasteiger partial charge on any atom is 0.320 e. The topological polar surface area (TPSA) is 66.6 Å². The van der Waals surface area contributed by atoms with E-state index in [1.165, 1.54) is 0 Å². The molecule has 0 bridgehead atoms. The van der Waals surface area contributed by atoms with Crippen molar-refractivity contribution in [2.24, 2.45) is 5.92 Å². The van der Waals surface area contributed by atoms with Gasteiger partial charge in [-0.1, -0.05) is 13.8 Å². The Morgan fingerprint density at radius 2 is 2.41 bits per heavy atom. The van der Waals surface area contributed by atoms with Crippen molar-refractivity contribution in [1.29, 1.82) is 0 Å². The Hall–Kier alpha value is -1.40. The zero-order valence-electron chi connectivity index (χ0n) is 9.75. The smallest absolute Gasteiger partial charge is 0.320 e. The van der Waals surface area contributed by atoms with Crippen molar-refractivity contribution < 1.29 is 9.90 Å². The van der Waals surface area contributed by atoms with Crippen molar-refractivity contribution in [3.63, 3.8) is 0 Å². The minimum atomic E-state index is -0.818. The molecule has 1 unspecified atom stereocenters. The van der Waals surface area contributed by atoms with E-state index in [2.05, 4.69) is 10.3 Å². The van der Waals surface area contributed by atoms with Gasteiger partial charge < -0.3 is 5.11 Å². The van der Waals surface area contributed by atoms with E-state index >= 15 is 0 Å². The molecule has 6 heteroatoms. The van der Waals surface area contributed by atoms with Crippen molar-refractivity contribution >= 4 is 22.3 Å². The second kappa shape index (κ2) is 4.85. The number of thiazole rings is 1. The van der Waals surface area contributed by atoms with Crippen LogP contribution in [0.25, 0.3) is 4.96 Å². The highest BCUT2D eigenvalue weighted by molar-refractivity contribution is 7.15. The van der Waals surface area contributed by atoms with Crippen LogP contribution in [0.3, 0.4) is 0 Å². The molecule has 0 spiro atoms. The third-order valence-electron chi connectivity index (χ3n) is 2.58. The number of hydrogen-bond donors (Lipinski definition) is 2. The number of rotatable bonds is 5. The molecular formula is C11H15N3O2S. The predicted molar refractivity (Wildman–Crippen MR) is 66.2 cm³/mol. The molecular weight excluding hydrogens is 238 g/mol. The minimum Gasteiger partial charge on any atom is -0.480 e. The van der Waals surface area contributed by atoms with Gasteiger partial charge in [0.1, 0.15) is 6.04 Å². The SMILES string of the molecule is CC(C)C(NCc1cn2ccsc2n1)C(=O)O. The number of nitrogens with zero attached hydrogens (tertiary/aromatic N) is 2. The number of fused-ring (bicyclic) bond motifs is 1. The van der Waals surface area contributed by atoms with Crippen LogP contribution in [-0.4, -0.2) is 26.5 Å². The fourth-order valence-electron chi connectivity index (χ4n) is 1.68. The minimum absolute atomic E-state index is 0.0521. The van der Waals surface area contributed by atoms with Crippen LogP contribution in [0.1, 0.15) is 19.5 Å². The van der Waals surface area contributed by atoms with Gasteiger partial charge in [-0.15, -0.1) is 11.3 Å². The number of carboxylic acid groups (broad SMARTS) is 1. The van der Waals surface area contributed by atoms with Gasteiger partial charge in [0.15, 0.2) is 4.96 Å². The van der Waals surface area contributed by atoms with Gasteiger partial charge in [-0.25, -0.2) is 4.98 Å². The van der Waals surface area contributed by atoms with Crippen LogP contribution < -0.4 is 5.32 Å². The van der Waals surface area contributed by atoms with E-state index in [1.807, 2.05) is 36.0 Å². The zero-order valence-corrected chi connectivity index (χ0v) is 10.6. The molecule has 17 heavy (non-hydrogen) atoms. The van der Waals surface area contributed by atoms with E-state index < -0.39 is 12.0 Å². The van der Waals surface area contributed by atoms with Crippen LogP contribution in [0.15, 0.2) is 17.8 Å². The lowest BCUT2D eigenvalue weighted by Gasteiger charge is -2.16. The number of carbonyl (C=O) groups is 1. The van der Waals surface area contributed by atoms with Gasteiger partial charge in [0.05, 0.1) is 5.69 Å². The van der Waals surface area contributed by atoms with Crippen LogP contribution in [0.4, 0.5) is 0 Å². The summed E-state index contributed by atoms with van der Waals surface area (Å²) in [5.41, 5.74) is 0.865. The van der Waals surface area contributed by atoms with Crippen molar-refractivity contribution in [2.45, 2.75) is 26.4 Å². The first-order valence-electron chi connectivity index (χ1n) is 5.45. The van der Waals surface area contributed by atoms with Crippen LogP contribution in [0.2, 0.25) is 0 Å². The van der Waals surface area contributed by atoms with Gasteiger partial charge in [0.25, 0.3) is 0 Å². The molecule has 0 amide bonds. The Kier molecular flexibility index (Phi) is 3.44. The van der Waals surface area contributed by atoms with E-state index in [0.29, 0.717) is 6.54 Å². The summed E-state index contributed by atoms with van der Waals surface area (Å²) in [4.78, 5) is 16.3. The van der Waals surface area contributed by atoms with Gasteiger partial charge >= 0.3 is 5.97 Å². The van der Waals surface area contributed by atoms with E-state index in [1.54, 1.807) is 11.3 Å². The molecule has 0 aromatic carbocycles. The molecule has 2 heterocycles. The summed E-state index contributed by atoms with van der Waals surface area (Å²) in [5.74, 6) is -0.766. The molecule has 2 aromatic heterocycles. The number of imidazole rings is 1. The Bertz CT molecular complexity index is 489.